The van der Waals surface area contributed by atoms with Crippen LogP contribution < -0.4 is 5.32 Å². The van der Waals surface area contributed by atoms with Crippen LogP contribution in [0.15, 0.2) is 12.7 Å². The summed E-state index contributed by atoms with van der Waals surface area (Å²) >= 11 is 0. The molecule has 0 radical (unpaired) electrons. The van der Waals surface area contributed by atoms with Gasteiger partial charge < -0.3 is 10.2 Å². The van der Waals surface area contributed by atoms with E-state index in [1.807, 2.05) is 4.90 Å². The molecule has 2 rings (SSSR count). The molecule has 2 aliphatic rings. The Kier molecular flexibility index (Phi) is 7.59. The van der Waals surface area contributed by atoms with Gasteiger partial charge in [0.15, 0.2) is 0 Å². The van der Waals surface area contributed by atoms with E-state index >= 15 is 0 Å². The number of rotatable bonds is 6. The molecular weight excluding hydrogens is 290 g/mol. The van der Waals surface area contributed by atoms with Crippen LogP contribution in [0, 0.1) is 5.92 Å². The van der Waals surface area contributed by atoms with Crippen molar-refractivity contribution >= 4 is 11.8 Å². The van der Waals surface area contributed by atoms with E-state index in [2.05, 4.69) is 16.8 Å². The van der Waals surface area contributed by atoms with E-state index in [0.717, 1.165) is 39.0 Å². The van der Waals surface area contributed by atoms with Crippen LogP contribution in [-0.2, 0) is 9.59 Å². The van der Waals surface area contributed by atoms with Gasteiger partial charge in [0.05, 0.1) is 6.54 Å². The van der Waals surface area contributed by atoms with Crippen LogP contribution in [0.4, 0.5) is 0 Å². The molecule has 0 spiro atoms. The molecule has 5 heteroatoms. The van der Waals surface area contributed by atoms with Gasteiger partial charge in [0.25, 0.3) is 0 Å². The van der Waals surface area contributed by atoms with Crippen molar-refractivity contribution in [1.29, 1.82) is 0 Å². The van der Waals surface area contributed by atoms with Crippen molar-refractivity contribution in [3.8, 4) is 0 Å². The highest BCUT2D eigenvalue weighted by molar-refractivity contribution is 5.78. The fraction of sp³-hybridized carbons (Fsp3) is 0.778. The molecule has 1 saturated heterocycles. The SMILES string of the molecule is C=CCNC(=O)CN1CCCN(C(=O)CC2CCCCC2)CC1. The molecule has 0 bridgehead atoms. The Morgan fingerprint density at radius 1 is 1.04 bits per heavy atom. The lowest BCUT2D eigenvalue weighted by molar-refractivity contribution is -0.132. The highest BCUT2D eigenvalue weighted by Crippen LogP contribution is 2.27. The van der Waals surface area contributed by atoms with Crippen LogP contribution in [0.2, 0.25) is 0 Å². The summed E-state index contributed by atoms with van der Waals surface area (Å²) in [6, 6.07) is 0. The third-order valence-electron chi connectivity index (χ3n) is 4.94. The minimum atomic E-state index is 0.0342. The molecule has 1 saturated carbocycles. The zero-order valence-corrected chi connectivity index (χ0v) is 14.3. The number of amides is 2. The molecule has 1 aliphatic heterocycles. The summed E-state index contributed by atoms with van der Waals surface area (Å²) in [6.07, 6.45) is 9.69. The lowest BCUT2D eigenvalue weighted by Crippen LogP contribution is -2.40. The topological polar surface area (TPSA) is 52.7 Å². The number of hydrogen-bond donors (Lipinski definition) is 1. The van der Waals surface area contributed by atoms with Crippen LogP contribution in [0.1, 0.15) is 44.9 Å². The van der Waals surface area contributed by atoms with E-state index < -0.39 is 0 Å². The highest BCUT2D eigenvalue weighted by Gasteiger charge is 2.23. The van der Waals surface area contributed by atoms with Gasteiger partial charge in [-0.05, 0) is 25.2 Å². The molecule has 1 heterocycles. The van der Waals surface area contributed by atoms with E-state index in [-0.39, 0.29) is 5.91 Å². The molecule has 0 aromatic rings. The van der Waals surface area contributed by atoms with Crippen molar-refractivity contribution in [3.63, 3.8) is 0 Å². The predicted molar refractivity (Wildman–Crippen MR) is 92.0 cm³/mol. The maximum absolute atomic E-state index is 12.5. The van der Waals surface area contributed by atoms with Gasteiger partial charge in [-0.3, -0.25) is 14.5 Å². The standard InChI is InChI=1S/C18H31N3O2/c1-2-9-19-17(22)15-20-10-6-11-21(13-12-20)18(23)14-16-7-4-3-5-8-16/h2,16H,1,3-15H2,(H,19,22). The molecule has 23 heavy (non-hydrogen) atoms. The first-order chi connectivity index (χ1) is 11.2. The van der Waals surface area contributed by atoms with E-state index in [0.29, 0.717) is 24.9 Å². The normalized spacial score (nSPS) is 20.8. The van der Waals surface area contributed by atoms with Crippen molar-refractivity contribution in [2.24, 2.45) is 5.92 Å². The monoisotopic (exact) mass is 321 g/mol. The van der Waals surface area contributed by atoms with Crippen molar-refractivity contribution in [2.45, 2.75) is 44.9 Å². The molecule has 0 aromatic heterocycles. The van der Waals surface area contributed by atoms with Crippen molar-refractivity contribution in [1.82, 2.24) is 15.1 Å². The third-order valence-corrected chi connectivity index (χ3v) is 4.94. The second-order valence-corrected chi connectivity index (χ2v) is 6.81. The number of hydrogen-bond acceptors (Lipinski definition) is 3. The average molecular weight is 321 g/mol. The third kappa shape index (κ3) is 6.34. The summed E-state index contributed by atoms with van der Waals surface area (Å²) in [4.78, 5) is 28.4. The molecule has 2 fully saturated rings. The molecular formula is C18H31N3O2. The van der Waals surface area contributed by atoms with Gasteiger partial charge in [0.1, 0.15) is 0 Å². The smallest absolute Gasteiger partial charge is 0.234 e. The number of carbonyl (C=O) groups is 2. The van der Waals surface area contributed by atoms with Gasteiger partial charge in [-0.25, -0.2) is 0 Å². The summed E-state index contributed by atoms with van der Waals surface area (Å²) < 4.78 is 0. The van der Waals surface area contributed by atoms with Crippen LogP contribution >= 0.6 is 0 Å². The van der Waals surface area contributed by atoms with Crippen molar-refractivity contribution in [3.05, 3.63) is 12.7 Å². The van der Waals surface area contributed by atoms with E-state index in [9.17, 15) is 9.59 Å². The Balaban J connectivity index is 1.72. The number of nitrogens with zero attached hydrogens (tertiary/aromatic N) is 2. The zero-order chi connectivity index (χ0) is 16.5. The minimum Gasteiger partial charge on any atom is -0.352 e. The number of carbonyl (C=O) groups excluding carboxylic acids is 2. The maximum Gasteiger partial charge on any atom is 0.234 e. The van der Waals surface area contributed by atoms with Gasteiger partial charge in [-0.1, -0.05) is 25.3 Å². The quantitative estimate of drug-likeness (QED) is 0.759. The largest absolute Gasteiger partial charge is 0.352 e. The average Bonchev–Trinajstić information content (AvgIpc) is 2.79. The van der Waals surface area contributed by atoms with Gasteiger partial charge in [0.2, 0.25) is 11.8 Å². The number of nitrogens with one attached hydrogen (secondary N) is 1. The fourth-order valence-corrected chi connectivity index (χ4v) is 3.59. The van der Waals surface area contributed by atoms with Gasteiger partial charge in [0, 0.05) is 39.1 Å². The van der Waals surface area contributed by atoms with Gasteiger partial charge in [-0.15, -0.1) is 6.58 Å². The molecule has 0 unspecified atom stereocenters. The Hall–Kier alpha value is -1.36. The van der Waals surface area contributed by atoms with Crippen LogP contribution in [0.3, 0.4) is 0 Å². The molecule has 1 N–H and O–H groups in total. The van der Waals surface area contributed by atoms with Gasteiger partial charge >= 0.3 is 0 Å². The summed E-state index contributed by atoms with van der Waals surface area (Å²) in [5.74, 6) is 0.946. The first-order valence-electron chi connectivity index (χ1n) is 9.06. The summed E-state index contributed by atoms with van der Waals surface area (Å²) in [6.45, 7) is 7.78. The maximum atomic E-state index is 12.5. The minimum absolute atomic E-state index is 0.0342. The van der Waals surface area contributed by atoms with Crippen LogP contribution in [-0.4, -0.2) is 60.9 Å². The Bertz CT molecular complexity index is 405. The zero-order valence-electron chi connectivity index (χ0n) is 14.3. The molecule has 1 aliphatic carbocycles. The first kappa shape index (κ1) is 18.0. The summed E-state index contributed by atoms with van der Waals surface area (Å²) in [5.41, 5.74) is 0. The first-order valence-corrected chi connectivity index (χ1v) is 9.06. The Morgan fingerprint density at radius 3 is 2.57 bits per heavy atom. The van der Waals surface area contributed by atoms with Crippen LogP contribution in [0.25, 0.3) is 0 Å². The molecule has 0 aromatic carbocycles. The molecule has 2 amide bonds. The van der Waals surface area contributed by atoms with E-state index in [1.54, 1.807) is 6.08 Å². The van der Waals surface area contributed by atoms with E-state index in [1.165, 1.54) is 32.1 Å². The molecule has 5 nitrogen and oxygen atoms in total. The van der Waals surface area contributed by atoms with Crippen molar-refractivity contribution in [2.75, 3.05) is 39.3 Å². The highest BCUT2D eigenvalue weighted by atomic mass is 16.2. The molecule has 130 valence electrons. The Labute approximate surface area is 140 Å². The second-order valence-electron chi connectivity index (χ2n) is 6.81. The lowest BCUT2D eigenvalue weighted by Gasteiger charge is -2.26. The lowest BCUT2D eigenvalue weighted by atomic mass is 9.86. The molecule has 0 atom stereocenters. The second kappa shape index (κ2) is 9.71. The summed E-state index contributed by atoms with van der Waals surface area (Å²) in [5, 5.41) is 2.81. The Morgan fingerprint density at radius 2 is 1.83 bits per heavy atom. The summed E-state index contributed by atoms with van der Waals surface area (Å²) in [7, 11) is 0. The predicted octanol–water partition coefficient (Wildman–Crippen LogP) is 1.79. The van der Waals surface area contributed by atoms with Crippen LogP contribution in [0.5, 0.6) is 0 Å². The van der Waals surface area contributed by atoms with Crippen molar-refractivity contribution < 1.29 is 9.59 Å². The van der Waals surface area contributed by atoms with Gasteiger partial charge in [-0.2, -0.15) is 0 Å². The fourth-order valence-electron chi connectivity index (χ4n) is 3.59. The van der Waals surface area contributed by atoms with E-state index in [4.69, 9.17) is 0 Å².